The summed E-state index contributed by atoms with van der Waals surface area (Å²) >= 11 is 5.83. The summed E-state index contributed by atoms with van der Waals surface area (Å²) in [5.41, 5.74) is 8.12. The second kappa shape index (κ2) is 6.54. The molecular weight excluding hydrogens is 314 g/mol. The maximum Gasteiger partial charge on any atom is 0.338 e. The van der Waals surface area contributed by atoms with Crippen LogP contribution >= 0.6 is 11.6 Å². The van der Waals surface area contributed by atoms with Crippen molar-refractivity contribution in [1.82, 2.24) is 9.78 Å². The Balaban J connectivity index is 1.65. The van der Waals surface area contributed by atoms with Crippen molar-refractivity contribution < 1.29 is 9.53 Å². The molecule has 3 aromatic rings. The molecule has 0 aliphatic rings. The number of nitrogens with two attached hydrogens (primary N) is 1. The molecule has 6 heteroatoms. The van der Waals surface area contributed by atoms with E-state index in [1.54, 1.807) is 23.0 Å². The van der Waals surface area contributed by atoms with Crippen molar-refractivity contribution in [3.8, 4) is 5.69 Å². The quantitative estimate of drug-likeness (QED) is 0.588. The zero-order valence-corrected chi connectivity index (χ0v) is 12.9. The van der Waals surface area contributed by atoms with E-state index in [2.05, 4.69) is 5.10 Å². The van der Waals surface area contributed by atoms with Gasteiger partial charge in [0.1, 0.15) is 6.61 Å². The third kappa shape index (κ3) is 3.52. The van der Waals surface area contributed by atoms with Gasteiger partial charge in [0.2, 0.25) is 0 Å². The number of rotatable bonds is 4. The number of carbonyl (C=O) groups excluding carboxylic acids is 1. The number of halogens is 1. The highest BCUT2D eigenvalue weighted by atomic mass is 35.5. The van der Waals surface area contributed by atoms with Crippen molar-refractivity contribution >= 4 is 23.3 Å². The molecule has 0 unspecified atom stereocenters. The SMILES string of the molecule is Nc1cc(C(=O)OCc2cnn(-c3ccccc3)c2)ccc1Cl. The minimum Gasteiger partial charge on any atom is -0.457 e. The summed E-state index contributed by atoms with van der Waals surface area (Å²) in [5.74, 6) is -0.458. The molecule has 2 aromatic carbocycles. The molecule has 0 atom stereocenters. The number of esters is 1. The third-order valence-electron chi connectivity index (χ3n) is 3.26. The molecule has 23 heavy (non-hydrogen) atoms. The molecule has 5 nitrogen and oxygen atoms in total. The lowest BCUT2D eigenvalue weighted by Gasteiger charge is -2.05. The zero-order chi connectivity index (χ0) is 16.2. The van der Waals surface area contributed by atoms with Crippen molar-refractivity contribution in [3.05, 3.63) is 77.1 Å². The van der Waals surface area contributed by atoms with Gasteiger partial charge in [0.15, 0.2) is 0 Å². The fraction of sp³-hybridized carbons (Fsp3) is 0.0588. The maximum atomic E-state index is 12.0. The van der Waals surface area contributed by atoms with Gasteiger partial charge in [-0.2, -0.15) is 5.10 Å². The standard InChI is InChI=1S/C17H14ClN3O2/c18-15-7-6-13(8-16(15)19)17(22)23-11-12-9-20-21(10-12)14-4-2-1-3-5-14/h1-10H,11,19H2. The monoisotopic (exact) mass is 327 g/mol. The fourth-order valence-electron chi connectivity index (χ4n) is 2.06. The molecule has 0 saturated heterocycles. The minimum absolute atomic E-state index is 0.133. The second-order valence-electron chi connectivity index (χ2n) is 4.94. The molecule has 116 valence electrons. The third-order valence-corrected chi connectivity index (χ3v) is 3.60. The van der Waals surface area contributed by atoms with Crippen LogP contribution in [0.4, 0.5) is 5.69 Å². The normalized spacial score (nSPS) is 10.5. The molecule has 3 rings (SSSR count). The van der Waals surface area contributed by atoms with Crippen molar-refractivity contribution in [2.24, 2.45) is 0 Å². The average molecular weight is 328 g/mol. The zero-order valence-electron chi connectivity index (χ0n) is 12.1. The summed E-state index contributed by atoms with van der Waals surface area (Å²) in [4.78, 5) is 12.0. The smallest absolute Gasteiger partial charge is 0.338 e. The van der Waals surface area contributed by atoms with E-state index in [9.17, 15) is 4.79 Å². The minimum atomic E-state index is -0.458. The number of para-hydroxylation sites is 1. The van der Waals surface area contributed by atoms with Gasteiger partial charge in [0.25, 0.3) is 0 Å². The van der Waals surface area contributed by atoms with Gasteiger partial charge in [-0.3, -0.25) is 0 Å². The van der Waals surface area contributed by atoms with Crippen LogP contribution in [0, 0.1) is 0 Å². The Labute approximate surface area is 138 Å². The van der Waals surface area contributed by atoms with Crippen molar-refractivity contribution in [1.29, 1.82) is 0 Å². The highest BCUT2D eigenvalue weighted by Crippen LogP contribution is 2.20. The van der Waals surface area contributed by atoms with E-state index in [1.807, 2.05) is 36.5 Å². The Bertz CT molecular complexity index is 831. The highest BCUT2D eigenvalue weighted by molar-refractivity contribution is 6.33. The van der Waals surface area contributed by atoms with E-state index >= 15 is 0 Å². The lowest BCUT2D eigenvalue weighted by atomic mass is 10.2. The largest absolute Gasteiger partial charge is 0.457 e. The molecule has 0 bridgehead atoms. The van der Waals surface area contributed by atoms with Gasteiger partial charge in [-0.25, -0.2) is 9.48 Å². The van der Waals surface area contributed by atoms with Crippen molar-refractivity contribution in [2.45, 2.75) is 6.61 Å². The van der Waals surface area contributed by atoms with Crippen LogP contribution in [0.5, 0.6) is 0 Å². The van der Waals surface area contributed by atoms with Crippen LogP contribution < -0.4 is 5.73 Å². The van der Waals surface area contributed by atoms with E-state index in [1.165, 1.54) is 6.07 Å². The van der Waals surface area contributed by atoms with Crippen molar-refractivity contribution in [2.75, 3.05) is 5.73 Å². The van der Waals surface area contributed by atoms with Gasteiger partial charge in [-0.1, -0.05) is 29.8 Å². The predicted molar refractivity (Wildman–Crippen MR) is 88.5 cm³/mol. The Morgan fingerprint density at radius 1 is 1.22 bits per heavy atom. The van der Waals surface area contributed by atoms with Crippen LogP contribution in [-0.2, 0) is 11.3 Å². The van der Waals surface area contributed by atoms with E-state index in [0.717, 1.165) is 11.3 Å². The second-order valence-corrected chi connectivity index (χ2v) is 5.35. The maximum absolute atomic E-state index is 12.0. The molecule has 1 heterocycles. The summed E-state index contributed by atoms with van der Waals surface area (Å²) in [7, 11) is 0. The Morgan fingerprint density at radius 3 is 2.74 bits per heavy atom. The highest BCUT2D eigenvalue weighted by Gasteiger charge is 2.10. The van der Waals surface area contributed by atoms with Crippen LogP contribution in [0.25, 0.3) is 5.69 Å². The van der Waals surface area contributed by atoms with Gasteiger partial charge in [-0.05, 0) is 30.3 Å². The molecule has 2 N–H and O–H groups in total. The summed E-state index contributed by atoms with van der Waals surface area (Å²) in [6.07, 6.45) is 3.48. The molecule has 0 spiro atoms. The van der Waals surface area contributed by atoms with Gasteiger partial charge in [0.05, 0.1) is 28.2 Å². The van der Waals surface area contributed by atoms with Gasteiger partial charge < -0.3 is 10.5 Å². The number of benzene rings is 2. The molecule has 0 radical (unpaired) electrons. The van der Waals surface area contributed by atoms with E-state index < -0.39 is 5.97 Å². The van der Waals surface area contributed by atoms with E-state index in [0.29, 0.717) is 16.3 Å². The number of hydrogen-bond acceptors (Lipinski definition) is 4. The van der Waals surface area contributed by atoms with Gasteiger partial charge in [-0.15, -0.1) is 0 Å². The molecule has 0 fully saturated rings. The van der Waals surface area contributed by atoms with Crippen LogP contribution in [0.2, 0.25) is 5.02 Å². The first-order chi connectivity index (χ1) is 11.1. The molecule has 1 aromatic heterocycles. The van der Waals surface area contributed by atoms with Crippen LogP contribution in [0.3, 0.4) is 0 Å². The first-order valence-corrected chi connectivity index (χ1v) is 7.32. The summed E-state index contributed by atoms with van der Waals surface area (Å²) in [6, 6.07) is 14.3. The van der Waals surface area contributed by atoms with Gasteiger partial charge in [0, 0.05) is 11.8 Å². The lowest BCUT2D eigenvalue weighted by molar-refractivity contribution is 0.0473. The van der Waals surface area contributed by atoms with Crippen LogP contribution in [0.15, 0.2) is 60.9 Å². The number of ether oxygens (including phenoxy) is 1. The first-order valence-electron chi connectivity index (χ1n) is 6.94. The molecule has 0 aliphatic heterocycles. The van der Waals surface area contributed by atoms with E-state index in [4.69, 9.17) is 22.1 Å². The van der Waals surface area contributed by atoms with Crippen LogP contribution in [0.1, 0.15) is 15.9 Å². The van der Waals surface area contributed by atoms with Crippen LogP contribution in [-0.4, -0.2) is 15.7 Å². The average Bonchev–Trinajstić information content (AvgIpc) is 3.05. The summed E-state index contributed by atoms with van der Waals surface area (Å²) < 4.78 is 6.99. The number of anilines is 1. The first kappa shape index (κ1) is 15.1. The Morgan fingerprint density at radius 2 is 2.00 bits per heavy atom. The lowest BCUT2D eigenvalue weighted by Crippen LogP contribution is -2.05. The molecule has 0 aliphatic carbocycles. The molecule has 0 amide bonds. The molecule has 0 saturated carbocycles. The predicted octanol–water partition coefficient (Wildman–Crippen LogP) is 3.46. The fourth-order valence-corrected chi connectivity index (χ4v) is 2.18. The number of nitrogen functional groups attached to an aromatic ring is 1. The summed E-state index contributed by atoms with van der Waals surface area (Å²) in [5, 5.41) is 4.66. The molecular formula is C17H14ClN3O2. The number of carbonyl (C=O) groups is 1. The summed E-state index contributed by atoms with van der Waals surface area (Å²) in [6.45, 7) is 0.133. The topological polar surface area (TPSA) is 70.1 Å². The number of nitrogens with zero attached hydrogens (tertiary/aromatic N) is 2. The number of aromatic nitrogens is 2. The van der Waals surface area contributed by atoms with Crippen molar-refractivity contribution in [3.63, 3.8) is 0 Å². The Hall–Kier alpha value is -2.79. The Kier molecular flexibility index (Phi) is 4.30. The van der Waals surface area contributed by atoms with Gasteiger partial charge >= 0.3 is 5.97 Å². The van der Waals surface area contributed by atoms with E-state index in [-0.39, 0.29) is 6.61 Å². The number of hydrogen-bond donors (Lipinski definition) is 1.